The summed E-state index contributed by atoms with van der Waals surface area (Å²) in [4.78, 5) is 6.96. The van der Waals surface area contributed by atoms with Crippen molar-refractivity contribution in [3.8, 4) is 0 Å². The lowest BCUT2D eigenvalue weighted by molar-refractivity contribution is 0.140. The molecule has 0 spiro atoms. The van der Waals surface area contributed by atoms with Crippen LogP contribution in [0, 0.1) is 0 Å². The van der Waals surface area contributed by atoms with Crippen LogP contribution in [0.2, 0.25) is 0 Å². The molecular formula is C14H19N3O. The van der Waals surface area contributed by atoms with Crippen molar-refractivity contribution in [2.75, 3.05) is 12.3 Å². The Bertz CT molecular complexity index is 549. The van der Waals surface area contributed by atoms with Crippen molar-refractivity contribution in [2.45, 2.75) is 38.8 Å². The van der Waals surface area contributed by atoms with Crippen LogP contribution >= 0.6 is 0 Å². The van der Waals surface area contributed by atoms with Gasteiger partial charge in [0.25, 0.3) is 0 Å². The number of nitrogen functional groups attached to an aromatic ring is 1. The Morgan fingerprint density at radius 1 is 1.44 bits per heavy atom. The number of rotatable bonds is 2. The molecule has 1 saturated heterocycles. The van der Waals surface area contributed by atoms with Crippen LogP contribution in [-0.4, -0.2) is 22.5 Å². The van der Waals surface area contributed by atoms with Crippen LogP contribution in [0.4, 0.5) is 5.69 Å². The number of nitrogens with two attached hydrogens (primary N) is 1. The van der Waals surface area contributed by atoms with E-state index < -0.39 is 0 Å². The van der Waals surface area contributed by atoms with Crippen molar-refractivity contribution in [1.29, 1.82) is 0 Å². The predicted octanol–water partition coefficient (Wildman–Crippen LogP) is 2.78. The molecule has 2 N–H and O–H groups in total. The van der Waals surface area contributed by atoms with E-state index in [2.05, 4.69) is 16.8 Å². The van der Waals surface area contributed by atoms with E-state index in [4.69, 9.17) is 10.2 Å². The lowest BCUT2D eigenvalue weighted by atomic mass is 10.0. The molecule has 18 heavy (non-hydrogen) atoms. The number of anilines is 1. The number of likely N-dealkylation sites (tertiary alicyclic amines) is 1. The number of aromatic nitrogens is 1. The zero-order valence-corrected chi connectivity index (χ0v) is 10.7. The van der Waals surface area contributed by atoms with E-state index in [9.17, 15) is 0 Å². The Kier molecular flexibility index (Phi) is 2.96. The lowest BCUT2D eigenvalue weighted by Crippen LogP contribution is -2.36. The largest absolute Gasteiger partial charge is 0.439 e. The second-order valence-corrected chi connectivity index (χ2v) is 5.15. The van der Waals surface area contributed by atoms with Crippen molar-refractivity contribution in [3.63, 3.8) is 0 Å². The van der Waals surface area contributed by atoms with Gasteiger partial charge in [0.05, 0.1) is 6.54 Å². The Balaban J connectivity index is 1.81. The number of hydrogen-bond acceptors (Lipinski definition) is 4. The van der Waals surface area contributed by atoms with Gasteiger partial charge in [-0.25, -0.2) is 4.98 Å². The monoisotopic (exact) mass is 245 g/mol. The summed E-state index contributed by atoms with van der Waals surface area (Å²) in [5.74, 6) is 0.796. The fourth-order valence-corrected chi connectivity index (χ4v) is 2.62. The number of hydrogen-bond donors (Lipinski definition) is 1. The highest BCUT2D eigenvalue weighted by Gasteiger charge is 2.20. The molecule has 4 heteroatoms. The summed E-state index contributed by atoms with van der Waals surface area (Å²) in [6, 6.07) is 6.24. The van der Waals surface area contributed by atoms with Gasteiger partial charge in [0, 0.05) is 17.8 Å². The van der Waals surface area contributed by atoms with Crippen LogP contribution in [0.1, 0.15) is 32.1 Å². The lowest BCUT2D eigenvalue weighted by Gasteiger charge is -2.32. The highest BCUT2D eigenvalue weighted by Crippen LogP contribution is 2.22. The third-order valence-electron chi connectivity index (χ3n) is 3.74. The van der Waals surface area contributed by atoms with E-state index in [1.54, 1.807) is 0 Å². The molecule has 3 rings (SSSR count). The minimum absolute atomic E-state index is 0.624. The van der Waals surface area contributed by atoms with Crippen molar-refractivity contribution in [1.82, 2.24) is 9.88 Å². The van der Waals surface area contributed by atoms with Crippen LogP contribution in [-0.2, 0) is 6.54 Å². The summed E-state index contributed by atoms with van der Waals surface area (Å²) in [5.41, 5.74) is 8.14. The number of fused-ring (bicyclic) bond motifs is 1. The van der Waals surface area contributed by atoms with Gasteiger partial charge in [-0.2, -0.15) is 0 Å². The van der Waals surface area contributed by atoms with Crippen LogP contribution in [0.25, 0.3) is 11.1 Å². The molecule has 0 amide bonds. The molecule has 1 aliphatic heterocycles. The maximum atomic E-state index is 5.77. The molecule has 1 aromatic carbocycles. The zero-order chi connectivity index (χ0) is 12.5. The van der Waals surface area contributed by atoms with Gasteiger partial charge in [-0.05, 0) is 38.4 Å². The van der Waals surface area contributed by atoms with Crippen LogP contribution in [0.15, 0.2) is 22.6 Å². The molecule has 1 unspecified atom stereocenters. The Morgan fingerprint density at radius 3 is 3.17 bits per heavy atom. The van der Waals surface area contributed by atoms with Gasteiger partial charge >= 0.3 is 0 Å². The predicted molar refractivity (Wildman–Crippen MR) is 72.1 cm³/mol. The molecule has 1 aromatic heterocycles. The first-order chi connectivity index (χ1) is 8.72. The van der Waals surface area contributed by atoms with Gasteiger partial charge in [0.1, 0.15) is 5.52 Å². The Hall–Kier alpha value is -1.55. The smallest absolute Gasteiger partial charge is 0.209 e. The highest BCUT2D eigenvalue weighted by molar-refractivity contribution is 5.76. The van der Waals surface area contributed by atoms with E-state index >= 15 is 0 Å². The molecular weight excluding hydrogens is 226 g/mol. The summed E-state index contributed by atoms with van der Waals surface area (Å²) >= 11 is 0. The Labute approximate surface area is 107 Å². The van der Waals surface area contributed by atoms with E-state index in [-0.39, 0.29) is 0 Å². The number of oxazole rings is 1. The quantitative estimate of drug-likeness (QED) is 0.827. The third kappa shape index (κ3) is 2.20. The highest BCUT2D eigenvalue weighted by atomic mass is 16.3. The van der Waals surface area contributed by atoms with Gasteiger partial charge in [-0.1, -0.05) is 6.42 Å². The normalized spacial score (nSPS) is 21.5. The van der Waals surface area contributed by atoms with Crippen LogP contribution in [0.5, 0.6) is 0 Å². The first-order valence-electron chi connectivity index (χ1n) is 6.61. The van der Waals surface area contributed by atoms with Gasteiger partial charge in [0.2, 0.25) is 5.89 Å². The molecule has 0 aliphatic carbocycles. The molecule has 96 valence electrons. The van der Waals surface area contributed by atoms with E-state index in [0.29, 0.717) is 6.04 Å². The summed E-state index contributed by atoms with van der Waals surface area (Å²) in [6.07, 6.45) is 3.88. The summed E-state index contributed by atoms with van der Waals surface area (Å²) in [6.45, 7) is 4.22. The molecule has 2 heterocycles. The molecule has 2 aromatic rings. The number of benzene rings is 1. The summed E-state index contributed by atoms with van der Waals surface area (Å²) in [7, 11) is 0. The standard InChI is InChI=1S/C14H19N3O/c1-10-4-2-3-7-17(10)9-14-16-12-6-5-11(15)8-13(12)18-14/h5-6,8,10H,2-4,7,9,15H2,1H3. The fourth-order valence-electron chi connectivity index (χ4n) is 2.62. The minimum Gasteiger partial charge on any atom is -0.439 e. The third-order valence-corrected chi connectivity index (χ3v) is 3.74. The SMILES string of the molecule is CC1CCCCN1Cc1nc2ccc(N)cc2o1. The zero-order valence-electron chi connectivity index (χ0n) is 10.7. The van der Waals surface area contributed by atoms with Crippen molar-refractivity contribution >= 4 is 16.8 Å². The van der Waals surface area contributed by atoms with Crippen molar-refractivity contribution < 1.29 is 4.42 Å². The van der Waals surface area contributed by atoms with Crippen LogP contribution < -0.4 is 5.73 Å². The van der Waals surface area contributed by atoms with E-state index in [0.717, 1.165) is 35.8 Å². The molecule has 1 fully saturated rings. The second-order valence-electron chi connectivity index (χ2n) is 5.15. The van der Waals surface area contributed by atoms with Gasteiger partial charge < -0.3 is 10.2 Å². The summed E-state index contributed by atoms with van der Waals surface area (Å²) < 4.78 is 5.77. The maximum Gasteiger partial charge on any atom is 0.209 e. The van der Waals surface area contributed by atoms with Gasteiger partial charge in [0.15, 0.2) is 5.58 Å². The van der Waals surface area contributed by atoms with E-state index in [1.807, 2.05) is 18.2 Å². The summed E-state index contributed by atoms with van der Waals surface area (Å²) in [5, 5.41) is 0. The van der Waals surface area contributed by atoms with Crippen molar-refractivity contribution in [3.05, 3.63) is 24.1 Å². The number of piperidine rings is 1. The fraction of sp³-hybridized carbons (Fsp3) is 0.500. The molecule has 4 nitrogen and oxygen atoms in total. The van der Waals surface area contributed by atoms with E-state index in [1.165, 1.54) is 19.3 Å². The molecule has 0 saturated carbocycles. The van der Waals surface area contributed by atoms with Crippen molar-refractivity contribution in [2.24, 2.45) is 0 Å². The molecule has 0 radical (unpaired) electrons. The number of nitrogens with zero attached hydrogens (tertiary/aromatic N) is 2. The Morgan fingerprint density at radius 2 is 2.33 bits per heavy atom. The topological polar surface area (TPSA) is 55.3 Å². The average molecular weight is 245 g/mol. The average Bonchev–Trinajstić information content (AvgIpc) is 2.73. The van der Waals surface area contributed by atoms with Gasteiger partial charge in [-0.3, -0.25) is 4.90 Å². The minimum atomic E-state index is 0.624. The van der Waals surface area contributed by atoms with Crippen LogP contribution in [0.3, 0.4) is 0 Å². The first kappa shape index (κ1) is 11.5. The maximum absolute atomic E-state index is 5.77. The first-order valence-corrected chi connectivity index (χ1v) is 6.61. The second kappa shape index (κ2) is 4.61. The molecule has 1 atom stereocenters. The molecule has 1 aliphatic rings. The molecule has 0 bridgehead atoms. The van der Waals surface area contributed by atoms with Gasteiger partial charge in [-0.15, -0.1) is 0 Å².